The molecule has 1 N–H and O–H groups in total. The molecule has 2 saturated carbocycles. The molecule has 3 aliphatic rings. The molecular weight excluding hydrogens is 314 g/mol. The first-order valence-corrected chi connectivity index (χ1v) is 10.6. The third-order valence-corrected chi connectivity index (χ3v) is 8.21. The second kappa shape index (κ2) is 5.14. The van der Waals surface area contributed by atoms with Crippen LogP contribution in [0.15, 0.2) is 23.2 Å². The molecule has 0 amide bonds. The van der Waals surface area contributed by atoms with E-state index in [0.717, 1.165) is 25.2 Å². The van der Waals surface area contributed by atoms with Gasteiger partial charge in [-0.2, -0.15) is 0 Å². The van der Waals surface area contributed by atoms with Gasteiger partial charge in [-0.05, 0) is 73.3 Å². The predicted molar refractivity (Wildman–Crippen MR) is 99.7 cm³/mol. The summed E-state index contributed by atoms with van der Waals surface area (Å²) in [6.45, 7) is 2.26. The number of rotatable bonds is 1. The third-order valence-electron chi connectivity index (χ3n) is 7.45. The van der Waals surface area contributed by atoms with Crippen molar-refractivity contribution in [2.75, 3.05) is 6.26 Å². The monoisotopic (exact) mass is 339 g/mol. The van der Waals surface area contributed by atoms with E-state index in [-0.39, 0.29) is 5.41 Å². The summed E-state index contributed by atoms with van der Waals surface area (Å²) in [5, 5.41) is 1.47. The van der Waals surface area contributed by atoms with Gasteiger partial charge in [0.05, 0.1) is 0 Å². The Labute approximate surface area is 147 Å². The number of hydrogen-bond acceptors (Lipinski definition) is 2. The molecule has 1 aromatic carbocycles. The fourth-order valence-corrected chi connectivity index (χ4v) is 6.83. The quantitative estimate of drug-likeness (QED) is 0.714. The number of Topliss-reactive ketones (excluding diaryl/α,β-unsaturated/α-hetero) is 1. The molecule has 126 valence electrons. The number of carbonyl (C=O) groups excluding carboxylic acids is 1. The van der Waals surface area contributed by atoms with Gasteiger partial charge in [0.1, 0.15) is 5.78 Å². The minimum atomic E-state index is -0.0126. The molecule has 24 heavy (non-hydrogen) atoms. The Morgan fingerprint density at radius 2 is 2.08 bits per heavy atom. The van der Waals surface area contributed by atoms with Crippen LogP contribution in [0, 0.1) is 17.3 Å². The summed E-state index contributed by atoms with van der Waals surface area (Å²) in [5.41, 5.74) is 4.46. The summed E-state index contributed by atoms with van der Waals surface area (Å²) in [4.78, 5) is 17.3. The maximum atomic E-state index is 12.5. The van der Waals surface area contributed by atoms with Crippen molar-refractivity contribution < 1.29 is 4.79 Å². The number of benzene rings is 1. The molecule has 2 fully saturated rings. The molecule has 0 bridgehead atoms. The number of ketones is 1. The van der Waals surface area contributed by atoms with E-state index in [0.29, 0.717) is 17.6 Å². The molecule has 0 saturated heterocycles. The molecule has 2 aromatic rings. The van der Waals surface area contributed by atoms with E-state index < -0.39 is 0 Å². The highest BCUT2D eigenvalue weighted by atomic mass is 32.2. The van der Waals surface area contributed by atoms with Gasteiger partial charge in [0.15, 0.2) is 0 Å². The van der Waals surface area contributed by atoms with E-state index in [4.69, 9.17) is 0 Å². The molecule has 2 nitrogen and oxygen atoms in total. The minimum absolute atomic E-state index is 0.0126. The Morgan fingerprint density at radius 3 is 2.92 bits per heavy atom. The topological polar surface area (TPSA) is 32.9 Å². The SMILES string of the molecule is CSc1c[nH]c2ccc3c(c12)CCC1C3CC[C@]2(C)C(=O)CCC12. The lowest BCUT2D eigenvalue weighted by Crippen LogP contribution is -2.42. The standard InChI is InChI=1S/C21H25NOS/c1-21-10-9-13-12-5-7-17-20(18(24-2)11-22-17)15(12)4-3-14(13)16(21)6-8-19(21)23/h5,7,11,13-14,16,22H,3-4,6,8-10H2,1-2H3/t13?,14?,16?,21-/m0/s1. The van der Waals surface area contributed by atoms with Crippen LogP contribution in [0.2, 0.25) is 0 Å². The summed E-state index contributed by atoms with van der Waals surface area (Å²) < 4.78 is 0. The van der Waals surface area contributed by atoms with Gasteiger partial charge in [-0.3, -0.25) is 4.79 Å². The van der Waals surface area contributed by atoms with Crippen LogP contribution in [0.4, 0.5) is 0 Å². The number of aromatic nitrogens is 1. The maximum Gasteiger partial charge on any atom is 0.139 e. The average molecular weight is 340 g/mol. The van der Waals surface area contributed by atoms with Crippen LogP contribution < -0.4 is 0 Å². The highest BCUT2D eigenvalue weighted by Crippen LogP contribution is 2.60. The van der Waals surface area contributed by atoms with Gasteiger partial charge in [0.25, 0.3) is 0 Å². The normalized spacial score (nSPS) is 34.9. The van der Waals surface area contributed by atoms with Gasteiger partial charge in [-0.15, -0.1) is 11.8 Å². The maximum absolute atomic E-state index is 12.5. The third kappa shape index (κ3) is 1.82. The molecule has 1 aromatic heterocycles. The largest absolute Gasteiger partial charge is 0.360 e. The Bertz CT molecular complexity index is 838. The second-order valence-corrected chi connectivity index (χ2v) is 9.09. The average Bonchev–Trinajstić information content (AvgIpc) is 3.15. The van der Waals surface area contributed by atoms with E-state index in [2.05, 4.69) is 36.5 Å². The number of aromatic amines is 1. The lowest BCUT2D eigenvalue weighted by molar-refractivity contribution is -0.129. The van der Waals surface area contributed by atoms with E-state index in [1.807, 2.05) is 11.8 Å². The number of nitrogens with one attached hydrogen (secondary N) is 1. The summed E-state index contributed by atoms with van der Waals surface area (Å²) in [6.07, 6.45) is 11.0. The zero-order valence-electron chi connectivity index (χ0n) is 14.5. The lowest BCUT2D eigenvalue weighted by atomic mass is 9.55. The van der Waals surface area contributed by atoms with Crippen LogP contribution in [0.25, 0.3) is 10.9 Å². The molecule has 3 unspecified atom stereocenters. The first-order valence-electron chi connectivity index (χ1n) is 9.33. The summed E-state index contributed by atoms with van der Waals surface area (Å²) in [6, 6.07) is 4.67. The molecular formula is C21H25NOS. The summed E-state index contributed by atoms with van der Waals surface area (Å²) >= 11 is 1.85. The van der Waals surface area contributed by atoms with Crippen molar-refractivity contribution in [2.24, 2.45) is 17.3 Å². The molecule has 3 aliphatic carbocycles. The first-order chi connectivity index (χ1) is 11.6. The fourth-order valence-electron chi connectivity index (χ4n) is 6.22. The fraction of sp³-hybridized carbons (Fsp3) is 0.571. The zero-order chi connectivity index (χ0) is 16.5. The van der Waals surface area contributed by atoms with E-state index in [1.54, 1.807) is 11.1 Å². The van der Waals surface area contributed by atoms with Crippen LogP contribution in [-0.4, -0.2) is 17.0 Å². The van der Waals surface area contributed by atoms with Crippen LogP contribution in [0.3, 0.4) is 0 Å². The number of aryl methyl sites for hydroxylation is 1. The molecule has 0 aliphatic heterocycles. The van der Waals surface area contributed by atoms with Crippen molar-refractivity contribution in [3.05, 3.63) is 29.5 Å². The van der Waals surface area contributed by atoms with Crippen molar-refractivity contribution in [3.8, 4) is 0 Å². The van der Waals surface area contributed by atoms with Crippen LogP contribution >= 0.6 is 11.8 Å². The van der Waals surface area contributed by atoms with E-state index in [9.17, 15) is 4.79 Å². The molecule has 5 rings (SSSR count). The van der Waals surface area contributed by atoms with Gasteiger partial charge in [0.2, 0.25) is 0 Å². The van der Waals surface area contributed by atoms with Gasteiger partial charge in [-0.1, -0.05) is 13.0 Å². The minimum Gasteiger partial charge on any atom is -0.360 e. The van der Waals surface area contributed by atoms with Crippen molar-refractivity contribution >= 4 is 28.4 Å². The van der Waals surface area contributed by atoms with Crippen molar-refractivity contribution in [3.63, 3.8) is 0 Å². The van der Waals surface area contributed by atoms with Gasteiger partial charge >= 0.3 is 0 Å². The molecule has 0 spiro atoms. The van der Waals surface area contributed by atoms with E-state index >= 15 is 0 Å². The Hall–Kier alpha value is -1.22. The Kier molecular flexibility index (Phi) is 3.23. The second-order valence-electron chi connectivity index (χ2n) is 8.25. The van der Waals surface area contributed by atoms with Gasteiger partial charge in [-0.25, -0.2) is 0 Å². The van der Waals surface area contributed by atoms with Crippen LogP contribution in [-0.2, 0) is 11.2 Å². The number of fused-ring (bicyclic) bond motifs is 7. The Balaban J connectivity index is 1.62. The molecule has 4 atom stereocenters. The van der Waals surface area contributed by atoms with Gasteiger partial charge in [0, 0.05) is 33.8 Å². The van der Waals surface area contributed by atoms with Crippen molar-refractivity contribution in [1.82, 2.24) is 4.98 Å². The highest BCUT2D eigenvalue weighted by molar-refractivity contribution is 7.98. The molecule has 0 radical (unpaired) electrons. The van der Waals surface area contributed by atoms with Crippen molar-refractivity contribution in [1.29, 1.82) is 0 Å². The highest BCUT2D eigenvalue weighted by Gasteiger charge is 2.54. The number of thioether (sulfide) groups is 1. The smallest absolute Gasteiger partial charge is 0.139 e. The Morgan fingerprint density at radius 1 is 1.21 bits per heavy atom. The number of hydrogen-bond donors (Lipinski definition) is 1. The molecule has 1 heterocycles. The number of carbonyl (C=O) groups is 1. The van der Waals surface area contributed by atoms with Crippen LogP contribution in [0.1, 0.15) is 56.1 Å². The number of H-pyrrole nitrogens is 1. The summed E-state index contributed by atoms with van der Waals surface area (Å²) in [7, 11) is 0. The molecule has 3 heteroatoms. The zero-order valence-corrected chi connectivity index (χ0v) is 15.3. The first kappa shape index (κ1) is 15.1. The van der Waals surface area contributed by atoms with Crippen LogP contribution in [0.5, 0.6) is 0 Å². The lowest BCUT2D eigenvalue weighted by Gasteiger charge is -2.48. The van der Waals surface area contributed by atoms with Gasteiger partial charge < -0.3 is 4.98 Å². The van der Waals surface area contributed by atoms with E-state index in [1.165, 1.54) is 35.1 Å². The predicted octanol–water partition coefficient (Wildman–Crippen LogP) is 5.32. The summed E-state index contributed by atoms with van der Waals surface area (Å²) in [5.74, 6) is 2.56. The van der Waals surface area contributed by atoms with Crippen molar-refractivity contribution in [2.45, 2.75) is 56.3 Å².